The first-order chi connectivity index (χ1) is 10.3. The SMILES string of the molecule is O=C(Nc1o[nH]c(=O)c1C1CCCCC1)c1ccccc1. The van der Waals surface area contributed by atoms with Gasteiger partial charge in [0, 0.05) is 5.56 Å². The average molecular weight is 286 g/mol. The second kappa shape index (κ2) is 5.99. The maximum absolute atomic E-state index is 12.2. The number of carbonyl (C=O) groups excluding carboxylic acids is 1. The fourth-order valence-corrected chi connectivity index (χ4v) is 2.93. The number of hydrogen-bond donors (Lipinski definition) is 2. The highest BCUT2D eigenvalue weighted by atomic mass is 16.5. The van der Waals surface area contributed by atoms with E-state index >= 15 is 0 Å². The molecule has 0 radical (unpaired) electrons. The van der Waals surface area contributed by atoms with Crippen molar-refractivity contribution in [3.63, 3.8) is 0 Å². The average Bonchev–Trinajstić information content (AvgIpc) is 2.89. The molecule has 2 aromatic rings. The van der Waals surface area contributed by atoms with Crippen LogP contribution in [0.1, 0.15) is 53.9 Å². The lowest BCUT2D eigenvalue weighted by Gasteiger charge is -2.20. The standard InChI is InChI=1S/C16H18N2O3/c19-14(12-9-5-2-6-10-12)17-16-13(15(20)18-21-16)11-7-3-1-4-8-11/h2,5-6,9-11H,1,3-4,7-8H2,(H,17,19)(H,18,20). The smallest absolute Gasteiger partial charge is 0.285 e. The molecule has 5 heteroatoms. The van der Waals surface area contributed by atoms with E-state index in [-0.39, 0.29) is 23.3 Å². The quantitative estimate of drug-likeness (QED) is 0.909. The van der Waals surface area contributed by atoms with Gasteiger partial charge in [0.25, 0.3) is 11.5 Å². The zero-order chi connectivity index (χ0) is 14.7. The molecule has 2 N–H and O–H groups in total. The van der Waals surface area contributed by atoms with Gasteiger partial charge >= 0.3 is 0 Å². The maximum atomic E-state index is 12.2. The molecular weight excluding hydrogens is 268 g/mol. The van der Waals surface area contributed by atoms with Gasteiger partial charge in [0.2, 0.25) is 5.88 Å². The summed E-state index contributed by atoms with van der Waals surface area (Å²) in [5.41, 5.74) is 0.889. The van der Waals surface area contributed by atoms with Crippen molar-refractivity contribution in [2.45, 2.75) is 38.0 Å². The minimum absolute atomic E-state index is 0.173. The third-order valence-corrected chi connectivity index (χ3v) is 4.01. The lowest BCUT2D eigenvalue weighted by atomic mass is 9.85. The third-order valence-electron chi connectivity index (χ3n) is 4.01. The number of aromatic amines is 1. The Hall–Kier alpha value is -2.30. The molecule has 0 unspecified atom stereocenters. The molecule has 1 fully saturated rings. The van der Waals surface area contributed by atoms with E-state index in [1.165, 1.54) is 6.42 Å². The van der Waals surface area contributed by atoms with Crippen molar-refractivity contribution in [3.8, 4) is 0 Å². The molecule has 1 aromatic carbocycles. The number of nitrogens with one attached hydrogen (secondary N) is 2. The van der Waals surface area contributed by atoms with Gasteiger partial charge in [-0.1, -0.05) is 37.5 Å². The monoisotopic (exact) mass is 286 g/mol. The summed E-state index contributed by atoms with van der Waals surface area (Å²) in [5, 5.41) is 5.05. The number of anilines is 1. The van der Waals surface area contributed by atoms with Crippen LogP contribution < -0.4 is 10.9 Å². The predicted molar refractivity (Wildman–Crippen MR) is 79.5 cm³/mol. The Balaban J connectivity index is 1.83. The number of rotatable bonds is 3. The van der Waals surface area contributed by atoms with E-state index in [2.05, 4.69) is 10.5 Å². The van der Waals surface area contributed by atoms with Gasteiger partial charge in [-0.2, -0.15) is 5.16 Å². The van der Waals surface area contributed by atoms with E-state index in [1.54, 1.807) is 24.3 Å². The molecule has 1 aliphatic rings. The third kappa shape index (κ3) is 2.91. The van der Waals surface area contributed by atoms with E-state index in [0.29, 0.717) is 11.1 Å². The molecule has 0 spiro atoms. The molecule has 1 saturated carbocycles. The number of hydrogen-bond acceptors (Lipinski definition) is 3. The van der Waals surface area contributed by atoms with Crippen LogP contribution in [0.25, 0.3) is 0 Å². The Labute approximate surface area is 122 Å². The Kier molecular flexibility index (Phi) is 3.90. The van der Waals surface area contributed by atoms with E-state index < -0.39 is 0 Å². The highest BCUT2D eigenvalue weighted by molar-refractivity contribution is 6.03. The van der Waals surface area contributed by atoms with Crippen LogP contribution in [0.5, 0.6) is 0 Å². The van der Waals surface area contributed by atoms with Crippen LogP contribution in [0.3, 0.4) is 0 Å². The van der Waals surface area contributed by atoms with Gasteiger partial charge in [0.05, 0.1) is 5.56 Å². The van der Waals surface area contributed by atoms with Crippen LogP contribution >= 0.6 is 0 Å². The van der Waals surface area contributed by atoms with Crippen molar-refractivity contribution in [1.29, 1.82) is 0 Å². The number of aromatic nitrogens is 1. The molecule has 110 valence electrons. The molecule has 1 amide bonds. The lowest BCUT2D eigenvalue weighted by Crippen LogP contribution is -2.18. The number of carbonyl (C=O) groups is 1. The van der Waals surface area contributed by atoms with Crippen LogP contribution in [0.2, 0.25) is 0 Å². The van der Waals surface area contributed by atoms with Gasteiger partial charge in [-0.25, -0.2) is 0 Å². The summed E-state index contributed by atoms with van der Waals surface area (Å²) in [6, 6.07) is 8.88. The van der Waals surface area contributed by atoms with E-state index in [9.17, 15) is 9.59 Å². The predicted octanol–water partition coefficient (Wildman–Crippen LogP) is 3.27. The molecular formula is C16H18N2O3. The zero-order valence-corrected chi connectivity index (χ0v) is 11.7. The van der Waals surface area contributed by atoms with Crippen molar-refractivity contribution in [2.75, 3.05) is 5.32 Å². The molecule has 1 aliphatic carbocycles. The Morgan fingerprint density at radius 1 is 1.14 bits per heavy atom. The summed E-state index contributed by atoms with van der Waals surface area (Å²) in [7, 11) is 0. The normalized spacial score (nSPS) is 15.8. The fraction of sp³-hybridized carbons (Fsp3) is 0.375. The largest absolute Gasteiger partial charge is 0.360 e. The minimum Gasteiger partial charge on any atom is -0.360 e. The first-order valence-electron chi connectivity index (χ1n) is 7.33. The van der Waals surface area contributed by atoms with E-state index in [4.69, 9.17) is 4.52 Å². The highest BCUT2D eigenvalue weighted by Crippen LogP contribution is 2.34. The van der Waals surface area contributed by atoms with E-state index in [1.807, 2.05) is 6.07 Å². The van der Waals surface area contributed by atoms with Crippen molar-refractivity contribution in [3.05, 3.63) is 51.8 Å². The molecule has 0 saturated heterocycles. The maximum Gasteiger partial charge on any atom is 0.285 e. The summed E-state index contributed by atoms with van der Waals surface area (Å²) >= 11 is 0. The molecule has 1 heterocycles. The first-order valence-corrected chi connectivity index (χ1v) is 7.33. The van der Waals surface area contributed by atoms with Gasteiger partial charge in [-0.3, -0.25) is 14.9 Å². The van der Waals surface area contributed by atoms with Crippen LogP contribution in [-0.2, 0) is 0 Å². The Morgan fingerprint density at radius 3 is 2.57 bits per heavy atom. The lowest BCUT2D eigenvalue weighted by molar-refractivity contribution is 0.102. The molecule has 0 aliphatic heterocycles. The van der Waals surface area contributed by atoms with Crippen molar-refractivity contribution in [1.82, 2.24) is 5.16 Å². The molecule has 1 aromatic heterocycles. The number of benzene rings is 1. The number of amides is 1. The highest BCUT2D eigenvalue weighted by Gasteiger charge is 2.25. The van der Waals surface area contributed by atoms with Gasteiger partial charge in [-0.05, 0) is 30.9 Å². The summed E-state index contributed by atoms with van der Waals surface area (Å²) in [4.78, 5) is 24.1. The Morgan fingerprint density at radius 2 is 1.86 bits per heavy atom. The van der Waals surface area contributed by atoms with Crippen LogP contribution in [0.4, 0.5) is 5.88 Å². The van der Waals surface area contributed by atoms with Gasteiger partial charge < -0.3 is 4.52 Å². The van der Waals surface area contributed by atoms with Crippen LogP contribution in [0.15, 0.2) is 39.6 Å². The Bertz CT molecular complexity index is 666. The van der Waals surface area contributed by atoms with Gasteiger partial charge in [-0.15, -0.1) is 0 Å². The second-order valence-electron chi connectivity index (χ2n) is 5.43. The van der Waals surface area contributed by atoms with E-state index in [0.717, 1.165) is 25.7 Å². The zero-order valence-electron chi connectivity index (χ0n) is 11.7. The molecule has 5 nitrogen and oxygen atoms in total. The minimum atomic E-state index is -0.268. The second-order valence-corrected chi connectivity index (χ2v) is 5.43. The van der Waals surface area contributed by atoms with Crippen molar-refractivity contribution < 1.29 is 9.32 Å². The first kappa shape index (κ1) is 13.7. The number of H-pyrrole nitrogens is 1. The van der Waals surface area contributed by atoms with Crippen molar-refractivity contribution >= 4 is 11.8 Å². The van der Waals surface area contributed by atoms with Gasteiger partial charge in [0.1, 0.15) is 0 Å². The summed E-state index contributed by atoms with van der Waals surface area (Å²) < 4.78 is 5.17. The molecule has 0 atom stereocenters. The molecule has 0 bridgehead atoms. The summed E-state index contributed by atoms with van der Waals surface area (Å²) in [5.74, 6) is 0.170. The summed E-state index contributed by atoms with van der Waals surface area (Å²) in [6.07, 6.45) is 5.37. The topological polar surface area (TPSA) is 75.1 Å². The van der Waals surface area contributed by atoms with Crippen molar-refractivity contribution in [2.24, 2.45) is 0 Å². The summed E-state index contributed by atoms with van der Waals surface area (Å²) in [6.45, 7) is 0. The molecule has 3 rings (SSSR count). The molecule has 21 heavy (non-hydrogen) atoms. The van der Waals surface area contributed by atoms with Crippen LogP contribution in [0, 0.1) is 0 Å². The van der Waals surface area contributed by atoms with Crippen LogP contribution in [-0.4, -0.2) is 11.1 Å². The van der Waals surface area contributed by atoms with Gasteiger partial charge in [0.15, 0.2) is 0 Å². The fourth-order valence-electron chi connectivity index (χ4n) is 2.93.